The van der Waals surface area contributed by atoms with Gasteiger partial charge in [0.2, 0.25) is 0 Å². The molecule has 1 saturated heterocycles. The zero-order chi connectivity index (χ0) is 23.3. The number of hydrogen-bond acceptors (Lipinski definition) is 7. The van der Waals surface area contributed by atoms with E-state index in [1.165, 1.54) is 7.11 Å². The van der Waals surface area contributed by atoms with Crippen molar-refractivity contribution in [2.24, 2.45) is 0 Å². The summed E-state index contributed by atoms with van der Waals surface area (Å²) in [4.78, 5) is 37.8. The predicted octanol–water partition coefficient (Wildman–Crippen LogP) is 5.02. The third-order valence-corrected chi connectivity index (χ3v) is 5.80. The van der Waals surface area contributed by atoms with E-state index in [1.54, 1.807) is 32.1 Å². The third kappa shape index (κ3) is 5.92. The molecule has 0 aliphatic carbocycles. The standard InChI is InChI=1S/C23H22BrNO6S/c1-14(2)31-20(26)12-25-22(27)19(32-23(25)28)11-16-9-17(24)21(18(10-16)29-3)30-13-15-7-5-4-6-8-15/h4-11,14H,12-13H2,1-3H3/b19-11+. The molecule has 7 nitrogen and oxygen atoms in total. The van der Waals surface area contributed by atoms with Gasteiger partial charge in [0.15, 0.2) is 11.5 Å². The lowest BCUT2D eigenvalue weighted by molar-refractivity contribution is -0.149. The Morgan fingerprint density at radius 2 is 1.91 bits per heavy atom. The van der Waals surface area contributed by atoms with Gasteiger partial charge in [0.1, 0.15) is 13.2 Å². The monoisotopic (exact) mass is 519 g/mol. The molecule has 0 atom stereocenters. The fourth-order valence-electron chi connectivity index (χ4n) is 2.91. The zero-order valence-electron chi connectivity index (χ0n) is 17.8. The van der Waals surface area contributed by atoms with Crippen LogP contribution in [0.15, 0.2) is 51.8 Å². The Morgan fingerprint density at radius 3 is 2.56 bits per heavy atom. The summed E-state index contributed by atoms with van der Waals surface area (Å²) in [5.41, 5.74) is 1.64. The number of carbonyl (C=O) groups excluding carboxylic acids is 3. The lowest BCUT2D eigenvalue weighted by Crippen LogP contribution is -2.35. The second kappa shape index (κ2) is 10.7. The maximum absolute atomic E-state index is 12.6. The van der Waals surface area contributed by atoms with Crippen molar-refractivity contribution in [3.8, 4) is 11.5 Å². The summed E-state index contributed by atoms with van der Waals surface area (Å²) in [5.74, 6) is -0.174. The van der Waals surface area contributed by atoms with Crippen LogP contribution in [0.25, 0.3) is 6.08 Å². The van der Waals surface area contributed by atoms with Gasteiger partial charge in [0.05, 0.1) is 22.6 Å². The van der Waals surface area contributed by atoms with Crippen LogP contribution >= 0.6 is 27.7 Å². The van der Waals surface area contributed by atoms with E-state index in [2.05, 4.69) is 15.9 Å². The van der Waals surface area contributed by atoms with Crippen LogP contribution < -0.4 is 9.47 Å². The fraction of sp³-hybridized carbons (Fsp3) is 0.261. The van der Waals surface area contributed by atoms with Crippen molar-refractivity contribution in [3.63, 3.8) is 0 Å². The number of thioether (sulfide) groups is 1. The molecule has 32 heavy (non-hydrogen) atoms. The maximum Gasteiger partial charge on any atom is 0.326 e. The first kappa shape index (κ1) is 23.9. The molecular formula is C23H22BrNO6S. The van der Waals surface area contributed by atoms with E-state index in [-0.39, 0.29) is 11.0 Å². The fourth-order valence-corrected chi connectivity index (χ4v) is 4.32. The molecule has 0 radical (unpaired) electrons. The molecule has 2 amide bonds. The third-order valence-electron chi connectivity index (χ3n) is 4.30. The number of imide groups is 1. The Kier molecular flexibility index (Phi) is 7.98. The molecule has 0 bridgehead atoms. The van der Waals surface area contributed by atoms with Gasteiger partial charge in [-0.1, -0.05) is 30.3 Å². The van der Waals surface area contributed by atoms with E-state index in [1.807, 2.05) is 30.3 Å². The molecule has 2 aromatic rings. The summed E-state index contributed by atoms with van der Waals surface area (Å²) in [5, 5.41) is -0.518. The van der Waals surface area contributed by atoms with E-state index in [4.69, 9.17) is 14.2 Å². The number of esters is 1. The van der Waals surface area contributed by atoms with Crippen LogP contribution in [0.5, 0.6) is 11.5 Å². The summed E-state index contributed by atoms with van der Waals surface area (Å²) in [7, 11) is 1.52. The Labute approximate surface area is 198 Å². The molecule has 1 aliphatic rings. The van der Waals surface area contributed by atoms with Crippen molar-refractivity contribution in [1.82, 2.24) is 4.90 Å². The Hall–Kier alpha value is -2.78. The molecule has 0 saturated carbocycles. The second-order valence-electron chi connectivity index (χ2n) is 7.11. The quantitative estimate of drug-likeness (QED) is 0.357. The summed E-state index contributed by atoms with van der Waals surface area (Å²) in [6.45, 7) is 3.34. The molecule has 1 aliphatic heterocycles. The van der Waals surface area contributed by atoms with Crippen molar-refractivity contribution in [2.75, 3.05) is 13.7 Å². The highest BCUT2D eigenvalue weighted by Gasteiger charge is 2.36. The summed E-state index contributed by atoms with van der Waals surface area (Å²) in [6, 6.07) is 13.2. The van der Waals surface area contributed by atoms with Gasteiger partial charge in [-0.15, -0.1) is 0 Å². The molecule has 1 fully saturated rings. The van der Waals surface area contributed by atoms with Crippen LogP contribution in [0.2, 0.25) is 0 Å². The van der Waals surface area contributed by atoms with Crippen LogP contribution in [-0.4, -0.2) is 41.8 Å². The van der Waals surface area contributed by atoms with Crippen LogP contribution in [0.3, 0.4) is 0 Å². The van der Waals surface area contributed by atoms with Gasteiger partial charge >= 0.3 is 5.97 Å². The van der Waals surface area contributed by atoms with Gasteiger partial charge in [-0.25, -0.2) is 0 Å². The highest BCUT2D eigenvalue weighted by Crippen LogP contribution is 2.39. The van der Waals surface area contributed by atoms with Crippen LogP contribution in [0, 0.1) is 0 Å². The van der Waals surface area contributed by atoms with Crippen molar-refractivity contribution < 1.29 is 28.6 Å². The number of methoxy groups -OCH3 is 1. The average molecular weight is 520 g/mol. The highest BCUT2D eigenvalue weighted by atomic mass is 79.9. The van der Waals surface area contributed by atoms with Crippen LogP contribution in [0.1, 0.15) is 25.0 Å². The van der Waals surface area contributed by atoms with Gasteiger partial charge in [-0.3, -0.25) is 19.3 Å². The number of benzene rings is 2. The van der Waals surface area contributed by atoms with Crippen molar-refractivity contribution in [1.29, 1.82) is 0 Å². The largest absolute Gasteiger partial charge is 0.493 e. The topological polar surface area (TPSA) is 82.1 Å². The molecule has 0 N–H and O–H groups in total. The van der Waals surface area contributed by atoms with Crippen molar-refractivity contribution >= 4 is 50.9 Å². The van der Waals surface area contributed by atoms with E-state index in [0.29, 0.717) is 28.1 Å². The lowest BCUT2D eigenvalue weighted by Gasteiger charge is -2.14. The van der Waals surface area contributed by atoms with E-state index in [9.17, 15) is 14.4 Å². The number of halogens is 1. The lowest BCUT2D eigenvalue weighted by atomic mass is 10.1. The van der Waals surface area contributed by atoms with Crippen LogP contribution in [0.4, 0.5) is 4.79 Å². The average Bonchev–Trinajstić information content (AvgIpc) is 3.00. The number of carbonyl (C=O) groups is 3. The molecule has 3 rings (SSSR count). The first-order valence-electron chi connectivity index (χ1n) is 9.77. The Balaban J connectivity index is 1.78. The maximum atomic E-state index is 12.6. The zero-order valence-corrected chi connectivity index (χ0v) is 20.2. The smallest absolute Gasteiger partial charge is 0.326 e. The molecular weight excluding hydrogens is 498 g/mol. The van der Waals surface area contributed by atoms with E-state index in [0.717, 1.165) is 22.2 Å². The van der Waals surface area contributed by atoms with Gasteiger partial charge in [-0.2, -0.15) is 0 Å². The summed E-state index contributed by atoms with van der Waals surface area (Å²) in [6.07, 6.45) is 1.25. The van der Waals surface area contributed by atoms with Crippen molar-refractivity contribution in [3.05, 3.63) is 63.0 Å². The molecule has 0 aromatic heterocycles. The molecule has 2 aromatic carbocycles. The molecule has 168 valence electrons. The summed E-state index contributed by atoms with van der Waals surface area (Å²) >= 11 is 4.26. The van der Waals surface area contributed by atoms with E-state index >= 15 is 0 Å². The highest BCUT2D eigenvalue weighted by molar-refractivity contribution is 9.10. The van der Waals surface area contributed by atoms with Crippen molar-refractivity contribution in [2.45, 2.75) is 26.6 Å². The Morgan fingerprint density at radius 1 is 1.19 bits per heavy atom. The Bertz CT molecular complexity index is 1050. The first-order valence-corrected chi connectivity index (χ1v) is 11.4. The first-order chi connectivity index (χ1) is 15.3. The number of nitrogens with zero attached hydrogens (tertiary/aromatic N) is 1. The number of ether oxygens (including phenoxy) is 3. The van der Waals surface area contributed by atoms with Gasteiger partial charge in [0, 0.05) is 0 Å². The SMILES string of the molecule is COc1cc(/C=C2/SC(=O)N(CC(=O)OC(C)C)C2=O)cc(Br)c1OCc1ccccc1. The van der Waals surface area contributed by atoms with E-state index < -0.39 is 23.7 Å². The van der Waals surface area contributed by atoms with Gasteiger partial charge in [0.25, 0.3) is 11.1 Å². The molecule has 9 heteroatoms. The minimum Gasteiger partial charge on any atom is -0.493 e. The molecule has 0 unspecified atom stereocenters. The summed E-state index contributed by atoms with van der Waals surface area (Å²) < 4.78 is 17.0. The number of hydrogen-bond donors (Lipinski definition) is 0. The minimum absolute atomic E-state index is 0.208. The number of rotatable bonds is 8. The number of amides is 2. The molecule has 0 spiro atoms. The van der Waals surface area contributed by atoms with Gasteiger partial charge in [-0.05, 0) is 70.9 Å². The minimum atomic E-state index is -0.632. The normalized spacial score (nSPS) is 14.9. The second-order valence-corrected chi connectivity index (χ2v) is 8.96. The van der Waals surface area contributed by atoms with Crippen LogP contribution in [-0.2, 0) is 20.9 Å². The predicted molar refractivity (Wildman–Crippen MR) is 125 cm³/mol. The molecule has 1 heterocycles. The van der Waals surface area contributed by atoms with Gasteiger partial charge < -0.3 is 14.2 Å².